The Labute approximate surface area is 124 Å². The number of rotatable bonds is 2. The summed E-state index contributed by atoms with van der Waals surface area (Å²) in [5.74, 6) is -1.09. The van der Waals surface area contributed by atoms with Crippen molar-refractivity contribution in [3.05, 3.63) is 34.1 Å². The summed E-state index contributed by atoms with van der Waals surface area (Å²) in [6.45, 7) is 1.60. The molecule has 0 aromatic heterocycles. The van der Waals surface area contributed by atoms with Crippen LogP contribution in [-0.2, 0) is 17.5 Å². The molecule has 1 atom stereocenters. The van der Waals surface area contributed by atoms with E-state index in [4.69, 9.17) is 11.6 Å². The van der Waals surface area contributed by atoms with E-state index in [1.807, 2.05) is 0 Å². The number of amides is 1. The van der Waals surface area contributed by atoms with E-state index in [0.29, 0.717) is 12.5 Å². The second-order valence-corrected chi connectivity index (χ2v) is 5.60. The number of piperidine rings is 1. The molecule has 1 amide bonds. The molecule has 0 saturated carbocycles. The molecule has 1 fully saturated rings. The highest BCUT2D eigenvalue weighted by atomic mass is 35.5. The van der Waals surface area contributed by atoms with Gasteiger partial charge in [0, 0.05) is 24.6 Å². The van der Waals surface area contributed by atoms with Crippen LogP contribution in [0.3, 0.4) is 0 Å². The average molecular weight is 324 g/mol. The van der Waals surface area contributed by atoms with Crippen LogP contribution in [0.25, 0.3) is 0 Å². The molecule has 0 spiro atoms. The maximum atomic E-state index is 13.9. The van der Waals surface area contributed by atoms with E-state index in [0.717, 1.165) is 18.9 Å². The van der Waals surface area contributed by atoms with Crippen molar-refractivity contribution in [2.75, 3.05) is 0 Å². The van der Waals surface area contributed by atoms with Crippen molar-refractivity contribution in [2.24, 2.45) is 0 Å². The zero-order valence-corrected chi connectivity index (χ0v) is 12.1. The highest BCUT2D eigenvalue weighted by Gasteiger charge is 2.33. The molecular weight excluding hydrogens is 310 g/mol. The molecule has 21 heavy (non-hydrogen) atoms. The molecule has 116 valence electrons. The van der Waals surface area contributed by atoms with Crippen LogP contribution < -0.4 is 0 Å². The maximum Gasteiger partial charge on any atom is 0.416 e. The van der Waals surface area contributed by atoms with Crippen LogP contribution in [0.15, 0.2) is 12.1 Å². The molecule has 1 saturated heterocycles. The van der Waals surface area contributed by atoms with E-state index >= 15 is 0 Å². The van der Waals surface area contributed by atoms with Gasteiger partial charge >= 0.3 is 6.18 Å². The van der Waals surface area contributed by atoms with Gasteiger partial charge in [0.25, 0.3) is 0 Å². The first kappa shape index (κ1) is 16.1. The molecule has 2 rings (SSSR count). The Balaban J connectivity index is 2.35. The third kappa shape index (κ3) is 3.48. The second-order valence-electron chi connectivity index (χ2n) is 5.19. The van der Waals surface area contributed by atoms with Crippen molar-refractivity contribution >= 4 is 17.5 Å². The van der Waals surface area contributed by atoms with Gasteiger partial charge in [-0.2, -0.15) is 13.2 Å². The molecule has 1 aromatic carbocycles. The molecule has 7 heteroatoms. The van der Waals surface area contributed by atoms with E-state index in [9.17, 15) is 22.4 Å². The van der Waals surface area contributed by atoms with Gasteiger partial charge in [-0.15, -0.1) is 0 Å². The van der Waals surface area contributed by atoms with Gasteiger partial charge in [0.1, 0.15) is 5.82 Å². The fraction of sp³-hybridized carbons (Fsp3) is 0.500. The molecule has 2 nitrogen and oxygen atoms in total. The van der Waals surface area contributed by atoms with Crippen LogP contribution in [0, 0.1) is 5.82 Å². The molecule has 1 heterocycles. The summed E-state index contributed by atoms with van der Waals surface area (Å²) in [6.07, 6.45) is -2.79. The SMILES string of the molecule is CC1CCCC(=O)N1Cc1cc(C(F)(F)F)cc(Cl)c1F. The number of hydrogen-bond acceptors (Lipinski definition) is 1. The number of alkyl halides is 3. The van der Waals surface area contributed by atoms with Crippen molar-refractivity contribution in [2.45, 2.75) is 44.9 Å². The van der Waals surface area contributed by atoms with Gasteiger partial charge in [-0.1, -0.05) is 11.6 Å². The van der Waals surface area contributed by atoms with Gasteiger partial charge < -0.3 is 4.90 Å². The van der Waals surface area contributed by atoms with Gasteiger partial charge in [-0.25, -0.2) is 4.39 Å². The first-order chi connectivity index (χ1) is 9.70. The zero-order chi connectivity index (χ0) is 15.8. The van der Waals surface area contributed by atoms with Crippen LogP contribution >= 0.6 is 11.6 Å². The van der Waals surface area contributed by atoms with Crippen molar-refractivity contribution in [1.29, 1.82) is 0 Å². The van der Waals surface area contributed by atoms with Crippen LogP contribution in [0.2, 0.25) is 5.02 Å². The molecule has 0 radical (unpaired) electrons. The first-order valence-electron chi connectivity index (χ1n) is 6.54. The molecule has 0 N–H and O–H groups in total. The standard InChI is InChI=1S/C14H14ClF4NO/c1-8-3-2-4-12(21)20(8)7-9-5-10(14(17,18)19)6-11(15)13(9)16/h5-6,8H,2-4,7H2,1H3. The topological polar surface area (TPSA) is 20.3 Å². The predicted molar refractivity (Wildman–Crippen MR) is 70.3 cm³/mol. The van der Waals surface area contributed by atoms with Crippen molar-refractivity contribution in [1.82, 2.24) is 4.90 Å². The largest absolute Gasteiger partial charge is 0.416 e. The quantitative estimate of drug-likeness (QED) is 0.739. The Morgan fingerprint density at radius 1 is 1.38 bits per heavy atom. The smallest absolute Gasteiger partial charge is 0.336 e. The Hall–Kier alpha value is -1.30. The summed E-state index contributed by atoms with van der Waals surface area (Å²) >= 11 is 5.54. The van der Waals surface area contributed by atoms with Gasteiger partial charge in [0.05, 0.1) is 10.6 Å². The number of benzene rings is 1. The van der Waals surface area contributed by atoms with Crippen LogP contribution in [0.1, 0.15) is 37.3 Å². The van der Waals surface area contributed by atoms with E-state index in [1.54, 1.807) is 6.92 Å². The lowest BCUT2D eigenvalue weighted by Crippen LogP contribution is -2.41. The molecular formula is C14H14ClF4NO. The highest BCUT2D eigenvalue weighted by Crippen LogP contribution is 2.34. The number of nitrogens with zero attached hydrogens (tertiary/aromatic N) is 1. The Morgan fingerprint density at radius 3 is 2.62 bits per heavy atom. The number of likely N-dealkylation sites (tertiary alicyclic amines) is 1. The van der Waals surface area contributed by atoms with E-state index in [1.165, 1.54) is 4.90 Å². The number of carbonyl (C=O) groups excluding carboxylic acids is 1. The van der Waals surface area contributed by atoms with Crippen LogP contribution in [0.4, 0.5) is 17.6 Å². The number of carbonyl (C=O) groups is 1. The number of hydrogen-bond donors (Lipinski definition) is 0. The monoisotopic (exact) mass is 323 g/mol. The van der Waals surface area contributed by atoms with Gasteiger partial charge in [-0.05, 0) is 31.9 Å². The minimum absolute atomic E-state index is 0.126. The minimum atomic E-state index is -4.61. The summed E-state index contributed by atoms with van der Waals surface area (Å²) in [5, 5.41) is -0.586. The lowest BCUT2D eigenvalue weighted by Gasteiger charge is -2.33. The Morgan fingerprint density at radius 2 is 2.05 bits per heavy atom. The third-order valence-electron chi connectivity index (χ3n) is 3.64. The maximum absolute atomic E-state index is 13.9. The summed E-state index contributed by atoms with van der Waals surface area (Å²) in [6, 6.07) is 1.15. The van der Waals surface area contributed by atoms with Crippen molar-refractivity contribution in [3.8, 4) is 0 Å². The fourth-order valence-corrected chi connectivity index (χ4v) is 2.69. The molecule has 0 bridgehead atoms. The van der Waals surface area contributed by atoms with Crippen LogP contribution in [0.5, 0.6) is 0 Å². The van der Waals surface area contributed by atoms with Crippen molar-refractivity contribution < 1.29 is 22.4 Å². The van der Waals surface area contributed by atoms with E-state index < -0.39 is 22.6 Å². The van der Waals surface area contributed by atoms with Gasteiger partial charge in [-0.3, -0.25) is 4.79 Å². The molecule has 0 aliphatic carbocycles. The average Bonchev–Trinajstić information content (AvgIpc) is 2.37. The summed E-state index contributed by atoms with van der Waals surface area (Å²) in [4.78, 5) is 13.2. The van der Waals surface area contributed by atoms with E-state index in [-0.39, 0.29) is 24.1 Å². The normalized spacial score (nSPS) is 20.0. The molecule has 1 unspecified atom stereocenters. The summed E-state index contributed by atoms with van der Waals surface area (Å²) < 4.78 is 52.2. The van der Waals surface area contributed by atoms with E-state index in [2.05, 4.69) is 0 Å². The van der Waals surface area contributed by atoms with Gasteiger partial charge in [0.2, 0.25) is 5.91 Å². The summed E-state index contributed by atoms with van der Waals surface area (Å²) in [7, 11) is 0. The second kappa shape index (κ2) is 5.83. The first-order valence-corrected chi connectivity index (χ1v) is 6.92. The zero-order valence-electron chi connectivity index (χ0n) is 11.3. The summed E-state index contributed by atoms with van der Waals surface area (Å²) in [5.41, 5.74) is -1.22. The Kier molecular flexibility index (Phi) is 4.46. The molecule has 1 aromatic rings. The van der Waals surface area contributed by atoms with Gasteiger partial charge in [0.15, 0.2) is 0 Å². The lowest BCUT2D eigenvalue weighted by atomic mass is 10.0. The van der Waals surface area contributed by atoms with Crippen molar-refractivity contribution in [3.63, 3.8) is 0 Å². The third-order valence-corrected chi connectivity index (χ3v) is 3.91. The number of halogens is 5. The predicted octanol–water partition coefficient (Wildman–Crippen LogP) is 4.40. The molecule has 1 aliphatic rings. The minimum Gasteiger partial charge on any atom is -0.336 e. The lowest BCUT2D eigenvalue weighted by molar-refractivity contribution is -0.137. The fourth-order valence-electron chi connectivity index (χ4n) is 2.45. The molecule has 1 aliphatic heterocycles. The highest BCUT2D eigenvalue weighted by molar-refractivity contribution is 6.30. The Bertz CT molecular complexity index is 559. The van der Waals surface area contributed by atoms with Crippen LogP contribution in [-0.4, -0.2) is 16.8 Å².